The van der Waals surface area contributed by atoms with E-state index in [9.17, 15) is 15.0 Å². The third kappa shape index (κ3) is 4.46. The number of alkyl halides is 2. The largest absolute Gasteiger partial charge is 0.508 e. The number of carbonyl (C=O) groups is 1. The standard InChI is InChI=1S/C23H26Cl2N2O4.ClH/c1-31-19-3-2-14-11-18-21-15(10-16(28)12-17(21)22(14)23(19)30)4-7-27(18)20(29)13-26(8-5-24)9-6-25;/h2-3,10,12,18,28,30H,4-9,11,13H2,1H3;1H. The molecule has 1 amide bonds. The summed E-state index contributed by atoms with van der Waals surface area (Å²) in [5.41, 5.74) is 4.35. The Morgan fingerprint density at radius 3 is 2.56 bits per heavy atom. The van der Waals surface area contributed by atoms with Gasteiger partial charge in [-0.1, -0.05) is 6.07 Å². The fourth-order valence-corrected chi connectivity index (χ4v) is 5.29. The van der Waals surface area contributed by atoms with Gasteiger partial charge in [0.05, 0.1) is 19.7 Å². The van der Waals surface area contributed by atoms with E-state index in [1.54, 1.807) is 18.2 Å². The van der Waals surface area contributed by atoms with Crippen molar-refractivity contribution in [3.05, 3.63) is 41.0 Å². The lowest BCUT2D eigenvalue weighted by atomic mass is 9.76. The van der Waals surface area contributed by atoms with Crippen LogP contribution in [-0.2, 0) is 17.6 Å². The third-order valence-corrected chi connectivity index (χ3v) is 6.53. The molecule has 9 heteroatoms. The summed E-state index contributed by atoms with van der Waals surface area (Å²) in [5, 5.41) is 21.2. The Hall–Kier alpha value is -1.86. The van der Waals surface area contributed by atoms with Gasteiger partial charge in [-0.15, -0.1) is 35.6 Å². The van der Waals surface area contributed by atoms with E-state index >= 15 is 0 Å². The van der Waals surface area contributed by atoms with E-state index in [0.717, 1.165) is 22.3 Å². The highest BCUT2D eigenvalue weighted by Crippen LogP contribution is 2.51. The van der Waals surface area contributed by atoms with Gasteiger partial charge in [0.25, 0.3) is 0 Å². The summed E-state index contributed by atoms with van der Waals surface area (Å²) in [7, 11) is 1.51. The number of nitrogens with zero attached hydrogens (tertiary/aromatic N) is 2. The Kier molecular flexibility index (Phi) is 8.04. The van der Waals surface area contributed by atoms with Crippen LogP contribution >= 0.6 is 35.6 Å². The van der Waals surface area contributed by atoms with Crippen LogP contribution < -0.4 is 4.74 Å². The van der Waals surface area contributed by atoms with Crippen molar-refractivity contribution in [2.75, 3.05) is 45.0 Å². The molecular weight excluding hydrogens is 475 g/mol. The van der Waals surface area contributed by atoms with Crippen LogP contribution in [0.2, 0.25) is 0 Å². The van der Waals surface area contributed by atoms with Gasteiger partial charge in [0.15, 0.2) is 11.5 Å². The molecule has 2 N–H and O–H groups in total. The van der Waals surface area contributed by atoms with Crippen LogP contribution in [-0.4, -0.2) is 71.0 Å². The maximum Gasteiger partial charge on any atom is 0.237 e. The molecule has 6 nitrogen and oxygen atoms in total. The second-order valence-electron chi connectivity index (χ2n) is 7.93. The van der Waals surface area contributed by atoms with E-state index in [1.165, 1.54) is 7.11 Å². The maximum atomic E-state index is 13.3. The smallest absolute Gasteiger partial charge is 0.237 e. The van der Waals surface area contributed by atoms with Crippen molar-refractivity contribution >= 4 is 41.5 Å². The van der Waals surface area contributed by atoms with E-state index in [1.807, 2.05) is 15.9 Å². The van der Waals surface area contributed by atoms with Crippen molar-refractivity contribution in [3.63, 3.8) is 0 Å². The second-order valence-corrected chi connectivity index (χ2v) is 8.68. The molecular formula is C23H27Cl3N2O4. The molecule has 2 aromatic rings. The lowest BCUT2D eigenvalue weighted by molar-refractivity contribution is -0.135. The lowest BCUT2D eigenvalue weighted by Crippen LogP contribution is -2.47. The van der Waals surface area contributed by atoms with Gasteiger partial charge < -0.3 is 19.8 Å². The average Bonchev–Trinajstić information content (AvgIpc) is 2.74. The second kappa shape index (κ2) is 10.4. The molecule has 0 saturated heterocycles. The van der Waals surface area contributed by atoms with Crippen molar-refractivity contribution in [3.8, 4) is 28.4 Å². The molecule has 0 aromatic heterocycles. The number of aromatic hydroxyl groups is 2. The summed E-state index contributed by atoms with van der Waals surface area (Å²) in [6, 6.07) is 6.94. The zero-order valence-corrected chi connectivity index (χ0v) is 20.1. The van der Waals surface area contributed by atoms with Crippen molar-refractivity contribution in [2.45, 2.75) is 18.9 Å². The van der Waals surface area contributed by atoms with Gasteiger partial charge in [0.2, 0.25) is 5.91 Å². The molecule has 2 aromatic carbocycles. The molecule has 1 unspecified atom stereocenters. The number of benzene rings is 2. The Balaban J connectivity index is 0.00000289. The third-order valence-electron chi connectivity index (χ3n) is 6.19. The Bertz CT molecular complexity index is 996. The first-order valence-electron chi connectivity index (χ1n) is 10.4. The van der Waals surface area contributed by atoms with Crippen LogP contribution in [0.4, 0.5) is 0 Å². The first kappa shape index (κ1) is 24.8. The number of rotatable bonds is 7. The number of phenolic OH excluding ortho intramolecular Hbond substituents is 2. The lowest BCUT2D eigenvalue weighted by Gasteiger charge is -2.42. The summed E-state index contributed by atoms with van der Waals surface area (Å²) in [4.78, 5) is 17.2. The van der Waals surface area contributed by atoms with E-state index in [-0.39, 0.29) is 42.4 Å². The maximum absolute atomic E-state index is 13.3. The Labute approximate surface area is 204 Å². The number of phenols is 2. The summed E-state index contributed by atoms with van der Waals surface area (Å²) in [6.07, 6.45) is 1.23. The van der Waals surface area contributed by atoms with Crippen molar-refractivity contribution in [2.24, 2.45) is 0 Å². The number of carbonyl (C=O) groups excluding carboxylic acids is 1. The predicted octanol–water partition coefficient (Wildman–Crippen LogP) is 3.96. The Morgan fingerprint density at radius 1 is 1.19 bits per heavy atom. The molecule has 2 aliphatic rings. The summed E-state index contributed by atoms with van der Waals surface area (Å²) in [5.74, 6) is 1.51. The van der Waals surface area contributed by atoms with Crippen LogP contribution in [0.3, 0.4) is 0 Å². The highest BCUT2D eigenvalue weighted by atomic mass is 35.5. The van der Waals surface area contributed by atoms with E-state index in [2.05, 4.69) is 0 Å². The number of hydrogen-bond donors (Lipinski definition) is 2. The molecule has 1 aliphatic heterocycles. The molecule has 0 radical (unpaired) electrons. The van der Waals surface area contributed by atoms with Gasteiger partial charge in [-0.3, -0.25) is 9.69 Å². The quantitative estimate of drug-likeness (QED) is 0.562. The topological polar surface area (TPSA) is 73.2 Å². The monoisotopic (exact) mass is 500 g/mol. The average molecular weight is 502 g/mol. The summed E-state index contributed by atoms with van der Waals surface area (Å²) < 4.78 is 5.30. The van der Waals surface area contributed by atoms with Gasteiger partial charge in [-0.2, -0.15) is 0 Å². The first-order chi connectivity index (χ1) is 15.0. The van der Waals surface area contributed by atoms with Crippen LogP contribution in [0.15, 0.2) is 24.3 Å². The molecule has 0 bridgehead atoms. The molecule has 32 heavy (non-hydrogen) atoms. The van der Waals surface area contributed by atoms with Crippen LogP contribution in [0, 0.1) is 0 Å². The molecule has 174 valence electrons. The number of methoxy groups -OCH3 is 1. The molecule has 1 atom stereocenters. The van der Waals surface area contributed by atoms with Gasteiger partial charge in [-0.05, 0) is 53.3 Å². The van der Waals surface area contributed by atoms with Crippen molar-refractivity contribution in [1.29, 1.82) is 0 Å². The molecule has 0 saturated carbocycles. The fourth-order valence-electron chi connectivity index (χ4n) is 4.82. The van der Waals surface area contributed by atoms with Gasteiger partial charge in [0.1, 0.15) is 5.75 Å². The SMILES string of the molecule is COc1ccc2c(c1O)-c1cc(O)cc3c1C(C2)N(C(=O)CN(CCCl)CCCl)CC3.Cl. The minimum Gasteiger partial charge on any atom is -0.508 e. The molecule has 0 fully saturated rings. The zero-order valence-electron chi connectivity index (χ0n) is 17.8. The summed E-state index contributed by atoms with van der Waals surface area (Å²) in [6.45, 7) is 2.04. The number of hydrogen-bond acceptors (Lipinski definition) is 5. The van der Waals surface area contributed by atoms with Gasteiger partial charge >= 0.3 is 0 Å². The van der Waals surface area contributed by atoms with E-state index in [0.29, 0.717) is 55.5 Å². The van der Waals surface area contributed by atoms with Gasteiger partial charge in [-0.25, -0.2) is 0 Å². The first-order valence-corrected chi connectivity index (χ1v) is 11.4. The summed E-state index contributed by atoms with van der Waals surface area (Å²) >= 11 is 11.8. The van der Waals surface area contributed by atoms with E-state index < -0.39 is 0 Å². The highest BCUT2D eigenvalue weighted by molar-refractivity contribution is 6.18. The van der Waals surface area contributed by atoms with Gasteiger partial charge in [0, 0.05) is 37.0 Å². The van der Waals surface area contributed by atoms with E-state index in [4.69, 9.17) is 27.9 Å². The Morgan fingerprint density at radius 2 is 1.91 bits per heavy atom. The number of amides is 1. The van der Waals surface area contributed by atoms with Crippen LogP contribution in [0.1, 0.15) is 22.7 Å². The van der Waals surface area contributed by atoms with Crippen LogP contribution in [0.5, 0.6) is 17.2 Å². The normalized spacial score (nSPS) is 16.2. The van der Waals surface area contributed by atoms with Crippen molar-refractivity contribution in [1.82, 2.24) is 9.80 Å². The number of ether oxygens (including phenoxy) is 1. The van der Waals surface area contributed by atoms with Crippen LogP contribution in [0.25, 0.3) is 11.1 Å². The highest BCUT2D eigenvalue weighted by Gasteiger charge is 2.38. The number of fused-ring (bicyclic) bond motifs is 2. The zero-order chi connectivity index (χ0) is 22.1. The fraction of sp³-hybridized carbons (Fsp3) is 0.435. The molecule has 4 rings (SSSR count). The predicted molar refractivity (Wildman–Crippen MR) is 129 cm³/mol. The molecule has 0 spiro atoms. The van der Waals surface area contributed by atoms with Crippen molar-refractivity contribution < 1.29 is 19.7 Å². The molecule has 1 heterocycles. The number of halogens is 3. The minimum absolute atomic E-state index is 0. The minimum atomic E-state index is -0.152. The molecule has 1 aliphatic carbocycles.